The molecular formula is C16H19BrFNO. The molecule has 1 aromatic carbocycles. The Morgan fingerprint density at radius 2 is 1.75 bits per heavy atom. The number of halogens is 2. The normalized spacial score (nSPS) is 14.3. The van der Waals surface area contributed by atoms with Gasteiger partial charge in [-0.25, -0.2) is 4.39 Å². The van der Waals surface area contributed by atoms with Gasteiger partial charge < -0.3 is 9.73 Å². The summed E-state index contributed by atoms with van der Waals surface area (Å²) in [7, 11) is 0. The van der Waals surface area contributed by atoms with E-state index in [1.807, 2.05) is 32.9 Å². The van der Waals surface area contributed by atoms with E-state index < -0.39 is 0 Å². The van der Waals surface area contributed by atoms with Crippen LogP contribution in [0, 0.1) is 19.7 Å². The van der Waals surface area contributed by atoms with Gasteiger partial charge >= 0.3 is 0 Å². The van der Waals surface area contributed by atoms with Gasteiger partial charge in [0.1, 0.15) is 17.3 Å². The van der Waals surface area contributed by atoms with Crippen LogP contribution in [0.3, 0.4) is 0 Å². The third kappa shape index (κ3) is 3.30. The van der Waals surface area contributed by atoms with Gasteiger partial charge in [-0.1, -0.05) is 15.9 Å². The molecule has 0 aliphatic heterocycles. The monoisotopic (exact) mass is 339 g/mol. The summed E-state index contributed by atoms with van der Waals surface area (Å²) in [6, 6.07) is 7.04. The lowest BCUT2D eigenvalue weighted by Gasteiger charge is -2.20. The molecular weight excluding hydrogens is 321 g/mol. The number of furan rings is 1. The minimum Gasteiger partial charge on any atom is -0.466 e. The van der Waals surface area contributed by atoms with Crippen molar-refractivity contribution < 1.29 is 8.81 Å². The van der Waals surface area contributed by atoms with E-state index in [0.29, 0.717) is 5.56 Å². The first kappa shape index (κ1) is 15.3. The van der Waals surface area contributed by atoms with Crippen LogP contribution in [0.4, 0.5) is 4.39 Å². The highest BCUT2D eigenvalue weighted by Gasteiger charge is 2.17. The third-order valence-electron chi connectivity index (χ3n) is 3.47. The summed E-state index contributed by atoms with van der Waals surface area (Å²) < 4.78 is 20.3. The molecule has 2 atom stereocenters. The van der Waals surface area contributed by atoms with Crippen LogP contribution in [-0.4, -0.2) is 0 Å². The maximum Gasteiger partial charge on any atom is 0.128 e. The van der Waals surface area contributed by atoms with Gasteiger partial charge in [0, 0.05) is 27.7 Å². The molecule has 0 spiro atoms. The lowest BCUT2D eigenvalue weighted by molar-refractivity contribution is 0.458. The van der Waals surface area contributed by atoms with Crippen molar-refractivity contribution in [1.29, 1.82) is 0 Å². The number of hydrogen-bond donors (Lipinski definition) is 1. The minimum absolute atomic E-state index is 0.0860. The third-order valence-corrected chi connectivity index (χ3v) is 3.96. The minimum atomic E-state index is -0.194. The SMILES string of the molecule is Cc1cc(C(C)NC(C)c2cc(Br)ccc2F)c(C)o1. The molecule has 2 nitrogen and oxygen atoms in total. The molecule has 2 rings (SSSR count). The molecule has 0 aliphatic rings. The Bertz CT molecular complexity index is 609. The zero-order valence-corrected chi connectivity index (χ0v) is 13.7. The second kappa shape index (κ2) is 6.10. The highest BCUT2D eigenvalue weighted by atomic mass is 79.9. The highest BCUT2D eigenvalue weighted by Crippen LogP contribution is 2.26. The van der Waals surface area contributed by atoms with E-state index in [2.05, 4.69) is 28.2 Å². The van der Waals surface area contributed by atoms with Crippen LogP contribution in [0.25, 0.3) is 0 Å². The molecule has 0 radical (unpaired) electrons. The Hall–Kier alpha value is -1.13. The molecule has 0 saturated carbocycles. The fourth-order valence-electron chi connectivity index (χ4n) is 2.48. The van der Waals surface area contributed by atoms with Gasteiger partial charge in [0.25, 0.3) is 0 Å². The van der Waals surface area contributed by atoms with Crippen LogP contribution in [-0.2, 0) is 0 Å². The first-order valence-electron chi connectivity index (χ1n) is 6.66. The number of hydrogen-bond acceptors (Lipinski definition) is 2. The van der Waals surface area contributed by atoms with Gasteiger partial charge in [-0.15, -0.1) is 0 Å². The zero-order valence-electron chi connectivity index (χ0n) is 12.1. The van der Waals surface area contributed by atoms with Crippen molar-refractivity contribution in [2.75, 3.05) is 0 Å². The fraction of sp³-hybridized carbons (Fsp3) is 0.375. The Morgan fingerprint density at radius 1 is 1.10 bits per heavy atom. The Kier molecular flexibility index (Phi) is 4.66. The Morgan fingerprint density at radius 3 is 2.35 bits per heavy atom. The van der Waals surface area contributed by atoms with Crippen LogP contribution < -0.4 is 5.32 Å². The van der Waals surface area contributed by atoms with E-state index in [9.17, 15) is 4.39 Å². The van der Waals surface area contributed by atoms with Gasteiger partial charge in [-0.3, -0.25) is 0 Å². The molecule has 0 bridgehead atoms. The van der Waals surface area contributed by atoms with E-state index in [1.54, 1.807) is 6.07 Å². The van der Waals surface area contributed by atoms with E-state index in [0.717, 1.165) is 21.6 Å². The summed E-state index contributed by atoms with van der Waals surface area (Å²) in [6.07, 6.45) is 0. The first-order valence-corrected chi connectivity index (χ1v) is 7.45. The molecule has 0 saturated heterocycles. The van der Waals surface area contributed by atoms with Gasteiger partial charge in [0.2, 0.25) is 0 Å². The zero-order chi connectivity index (χ0) is 14.9. The number of aryl methyl sites for hydroxylation is 2. The van der Waals surface area contributed by atoms with E-state index in [4.69, 9.17) is 4.42 Å². The van der Waals surface area contributed by atoms with Gasteiger partial charge in [0.05, 0.1) is 0 Å². The number of nitrogens with one attached hydrogen (secondary N) is 1. The average molecular weight is 340 g/mol. The summed E-state index contributed by atoms with van der Waals surface area (Å²) in [5.41, 5.74) is 1.77. The van der Waals surface area contributed by atoms with Crippen LogP contribution >= 0.6 is 15.9 Å². The van der Waals surface area contributed by atoms with Gasteiger partial charge in [0.15, 0.2) is 0 Å². The molecule has 2 unspecified atom stereocenters. The second-order valence-corrected chi connectivity index (χ2v) is 6.06. The molecule has 20 heavy (non-hydrogen) atoms. The van der Waals surface area contributed by atoms with Crippen LogP contribution in [0.2, 0.25) is 0 Å². The van der Waals surface area contributed by atoms with Gasteiger partial charge in [-0.05, 0) is 52.0 Å². The van der Waals surface area contributed by atoms with Crippen LogP contribution in [0.1, 0.15) is 48.6 Å². The average Bonchev–Trinajstić information content (AvgIpc) is 2.71. The smallest absolute Gasteiger partial charge is 0.128 e. The standard InChI is InChI=1S/C16H19BrFNO/c1-9-7-14(12(4)20-9)10(2)19-11(3)15-8-13(17)5-6-16(15)18/h5-8,10-11,19H,1-4H3. The molecule has 0 aliphatic carbocycles. The maximum atomic E-state index is 13.9. The lowest BCUT2D eigenvalue weighted by Crippen LogP contribution is -2.23. The predicted molar refractivity (Wildman–Crippen MR) is 82.2 cm³/mol. The summed E-state index contributed by atoms with van der Waals surface area (Å²) in [6.45, 7) is 7.90. The molecule has 0 fully saturated rings. The van der Waals surface area contributed by atoms with Crippen molar-refractivity contribution >= 4 is 15.9 Å². The highest BCUT2D eigenvalue weighted by molar-refractivity contribution is 9.10. The van der Waals surface area contributed by atoms with Crippen LogP contribution in [0.15, 0.2) is 33.2 Å². The summed E-state index contributed by atoms with van der Waals surface area (Å²) in [4.78, 5) is 0. The molecule has 1 heterocycles. The van der Waals surface area contributed by atoms with Crippen LogP contribution in [0.5, 0.6) is 0 Å². The molecule has 1 aromatic heterocycles. The number of rotatable bonds is 4. The molecule has 108 valence electrons. The number of benzene rings is 1. The van der Waals surface area contributed by atoms with E-state index in [1.165, 1.54) is 6.07 Å². The summed E-state index contributed by atoms with van der Waals surface area (Å²) >= 11 is 3.38. The van der Waals surface area contributed by atoms with E-state index in [-0.39, 0.29) is 17.9 Å². The molecule has 1 N–H and O–H groups in total. The maximum absolute atomic E-state index is 13.9. The summed E-state index contributed by atoms with van der Waals surface area (Å²) in [5, 5.41) is 3.41. The quantitative estimate of drug-likeness (QED) is 0.826. The lowest BCUT2D eigenvalue weighted by atomic mass is 10.0. The van der Waals surface area contributed by atoms with Crippen molar-refractivity contribution in [2.24, 2.45) is 0 Å². The molecule has 0 amide bonds. The molecule has 4 heteroatoms. The predicted octanol–water partition coefficient (Wildman–Crippen LogP) is 5.21. The molecule has 2 aromatic rings. The van der Waals surface area contributed by atoms with Crippen molar-refractivity contribution in [3.8, 4) is 0 Å². The summed E-state index contributed by atoms with van der Waals surface area (Å²) in [5.74, 6) is 1.61. The topological polar surface area (TPSA) is 25.2 Å². The first-order chi connectivity index (χ1) is 9.38. The van der Waals surface area contributed by atoms with Crippen molar-refractivity contribution in [3.63, 3.8) is 0 Å². The Balaban J connectivity index is 2.17. The second-order valence-electron chi connectivity index (χ2n) is 5.14. The van der Waals surface area contributed by atoms with E-state index >= 15 is 0 Å². The van der Waals surface area contributed by atoms with Crippen molar-refractivity contribution in [2.45, 2.75) is 39.8 Å². The van der Waals surface area contributed by atoms with Gasteiger partial charge in [-0.2, -0.15) is 0 Å². The van der Waals surface area contributed by atoms with Crippen molar-refractivity contribution in [1.82, 2.24) is 5.32 Å². The largest absolute Gasteiger partial charge is 0.466 e. The fourth-order valence-corrected chi connectivity index (χ4v) is 2.86. The Labute approximate surface area is 127 Å². The van der Waals surface area contributed by atoms with Crippen molar-refractivity contribution in [3.05, 3.63) is 57.2 Å².